The van der Waals surface area contributed by atoms with Gasteiger partial charge >= 0.3 is 0 Å². The molecule has 0 aliphatic carbocycles. The zero-order chi connectivity index (χ0) is 20.2. The van der Waals surface area contributed by atoms with Crippen molar-refractivity contribution in [3.63, 3.8) is 0 Å². The van der Waals surface area contributed by atoms with E-state index in [1.807, 2.05) is 24.0 Å². The number of pyridine rings is 1. The highest BCUT2D eigenvalue weighted by atomic mass is 16.5. The summed E-state index contributed by atoms with van der Waals surface area (Å²) in [6, 6.07) is 3.67. The summed E-state index contributed by atoms with van der Waals surface area (Å²) in [5.74, 6) is 1.22. The van der Waals surface area contributed by atoms with E-state index in [-0.39, 0.29) is 24.3 Å². The van der Waals surface area contributed by atoms with Gasteiger partial charge in [-0.3, -0.25) is 19.6 Å². The Balaban J connectivity index is 1.48. The van der Waals surface area contributed by atoms with Gasteiger partial charge in [-0.25, -0.2) is 4.98 Å². The Labute approximate surface area is 169 Å². The number of piperidine rings is 1. The van der Waals surface area contributed by atoms with Gasteiger partial charge in [0.1, 0.15) is 5.69 Å². The van der Waals surface area contributed by atoms with Gasteiger partial charge < -0.3 is 14.5 Å². The van der Waals surface area contributed by atoms with Crippen molar-refractivity contribution in [1.29, 1.82) is 0 Å². The summed E-state index contributed by atoms with van der Waals surface area (Å²) >= 11 is 0. The number of amides is 2. The predicted octanol–water partition coefficient (Wildman–Crippen LogP) is 2.30. The molecule has 2 fully saturated rings. The summed E-state index contributed by atoms with van der Waals surface area (Å²) in [5, 5.41) is 0. The molecule has 2 amide bonds. The summed E-state index contributed by atoms with van der Waals surface area (Å²) in [5.41, 5.74) is 1.53. The van der Waals surface area contributed by atoms with Gasteiger partial charge in [-0.1, -0.05) is 0 Å². The van der Waals surface area contributed by atoms with Crippen molar-refractivity contribution in [3.05, 3.63) is 42.1 Å². The first-order chi connectivity index (χ1) is 14.1. The standard InChI is InChI=1S/C21H25N5O3/c1-15-17(6-2-8-22-15)29-21-20(23-9-10-24-21)16-5-3-11-25(13-16)19(28)14-26-12-4-7-18(26)27/h2,6,8-10,16H,3-5,7,11-14H2,1H3/t16-/m1/s1. The Morgan fingerprint density at radius 3 is 2.83 bits per heavy atom. The van der Waals surface area contributed by atoms with Crippen LogP contribution in [0.2, 0.25) is 0 Å². The van der Waals surface area contributed by atoms with E-state index in [0.29, 0.717) is 37.7 Å². The topological polar surface area (TPSA) is 88.5 Å². The van der Waals surface area contributed by atoms with Crippen LogP contribution in [0.3, 0.4) is 0 Å². The van der Waals surface area contributed by atoms with Crippen LogP contribution in [0.4, 0.5) is 0 Å². The fourth-order valence-electron chi connectivity index (χ4n) is 3.94. The summed E-state index contributed by atoms with van der Waals surface area (Å²) in [6.45, 7) is 3.99. The normalized spacial score (nSPS) is 19.5. The summed E-state index contributed by atoms with van der Waals surface area (Å²) in [6.07, 6.45) is 8.15. The van der Waals surface area contributed by atoms with E-state index >= 15 is 0 Å². The third kappa shape index (κ3) is 4.36. The van der Waals surface area contributed by atoms with Gasteiger partial charge in [0.15, 0.2) is 5.75 Å². The molecule has 2 aliphatic heterocycles. The van der Waals surface area contributed by atoms with Gasteiger partial charge in [0.25, 0.3) is 0 Å². The monoisotopic (exact) mass is 395 g/mol. The van der Waals surface area contributed by atoms with Crippen LogP contribution in [0.25, 0.3) is 0 Å². The molecule has 4 rings (SSSR count). The summed E-state index contributed by atoms with van der Waals surface area (Å²) in [7, 11) is 0. The van der Waals surface area contributed by atoms with E-state index < -0.39 is 0 Å². The molecule has 1 atom stereocenters. The van der Waals surface area contributed by atoms with Crippen molar-refractivity contribution in [2.75, 3.05) is 26.2 Å². The van der Waals surface area contributed by atoms with Crippen LogP contribution >= 0.6 is 0 Å². The third-order valence-corrected chi connectivity index (χ3v) is 5.51. The lowest BCUT2D eigenvalue weighted by molar-refractivity contribution is -0.139. The van der Waals surface area contributed by atoms with E-state index in [1.165, 1.54) is 0 Å². The number of hydrogen-bond acceptors (Lipinski definition) is 6. The molecule has 0 aromatic carbocycles. The minimum absolute atomic E-state index is 0.000544. The van der Waals surface area contributed by atoms with E-state index in [1.54, 1.807) is 23.5 Å². The summed E-state index contributed by atoms with van der Waals surface area (Å²) in [4.78, 5) is 41.3. The van der Waals surface area contributed by atoms with Crippen LogP contribution in [0.1, 0.15) is 43.0 Å². The van der Waals surface area contributed by atoms with Crippen LogP contribution in [0, 0.1) is 6.92 Å². The minimum atomic E-state index is -0.000544. The smallest absolute Gasteiger partial charge is 0.242 e. The van der Waals surface area contributed by atoms with E-state index in [0.717, 1.165) is 30.7 Å². The van der Waals surface area contributed by atoms with Crippen molar-refractivity contribution < 1.29 is 14.3 Å². The third-order valence-electron chi connectivity index (χ3n) is 5.51. The number of aryl methyl sites for hydroxylation is 1. The van der Waals surface area contributed by atoms with Crippen LogP contribution in [-0.4, -0.2) is 62.7 Å². The Bertz CT molecular complexity index is 903. The van der Waals surface area contributed by atoms with E-state index in [2.05, 4.69) is 15.0 Å². The van der Waals surface area contributed by atoms with Gasteiger partial charge in [-0.15, -0.1) is 0 Å². The van der Waals surface area contributed by atoms with Gasteiger partial charge in [-0.05, 0) is 38.3 Å². The first-order valence-corrected chi connectivity index (χ1v) is 10.1. The number of rotatable bonds is 5. The highest BCUT2D eigenvalue weighted by Gasteiger charge is 2.31. The number of aromatic nitrogens is 3. The zero-order valence-electron chi connectivity index (χ0n) is 16.6. The van der Waals surface area contributed by atoms with Crippen LogP contribution < -0.4 is 4.74 Å². The molecule has 0 spiro atoms. The molecule has 0 unspecified atom stereocenters. The second-order valence-electron chi connectivity index (χ2n) is 7.53. The first-order valence-electron chi connectivity index (χ1n) is 10.1. The highest BCUT2D eigenvalue weighted by Crippen LogP contribution is 2.33. The number of ether oxygens (including phenoxy) is 1. The lowest BCUT2D eigenvalue weighted by Gasteiger charge is -2.33. The molecule has 2 saturated heterocycles. The molecule has 8 nitrogen and oxygen atoms in total. The van der Waals surface area contributed by atoms with E-state index in [9.17, 15) is 9.59 Å². The maximum Gasteiger partial charge on any atom is 0.242 e. The van der Waals surface area contributed by atoms with Crippen molar-refractivity contribution >= 4 is 11.8 Å². The molecule has 8 heteroatoms. The largest absolute Gasteiger partial charge is 0.435 e. The van der Waals surface area contributed by atoms with E-state index in [4.69, 9.17) is 4.74 Å². The quantitative estimate of drug-likeness (QED) is 0.772. The number of likely N-dealkylation sites (tertiary alicyclic amines) is 2. The first kappa shape index (κ1) is 19.3. The lowest BCUT2D eigenvalue weighted by atomic mass is 9.94. The molecular formula is C21H25N5O3. The number of carbonyl (C=O) groups is 2. The van der Waals surface area contributed by atoms with Gasteiger partial charge in [0.05, 0.1) is 12.2 Å². The molecule has 2 aromatic heterocycles. The highest BCUT2D eigenvalue weighted by molar-refractivity contribution is 5.86. The van der Waals surface area contributed by atoms with Crippen LogP contribution in [0.15, 0.2) is 30.7 Å². The molecule has 29 heavy (non-hydrogen) atoms. The molecule has 2 aliphatic rings. The number of nitrogens with zero attached hydrogens (tertiary/aromatic N) is 5. The molecule has 0 bridgehead atoms. The molecule has 152 valence electrons. The van der Waals surface area contributed by atoms with Crippen LogP contribution in [-0.2, 0) is 9.59 Å². The fraction of sp³-hybridized carbons (Fsp3) is 0.476. The number of hydrogen-bond donors (Lipinski definition) is 0. The summed E-state index contributed by atoms with van der Waals surface area (Å²) < 4.78 is 6.02. The average molecular weight is 395 g/mol. The molecular weight excluding hydrogens is 370 g/mol. The molecule has 2 aromatic rings. The Morgan fingerprint density at radius 1 is 1.17 bits per heavy atom. The molecule has 0 saturated carbocycles. The second-order valence-corrected chi connectivity index (χ2v) is 7.53. The Hall–Kier alpha value is -3.03. The second kappa shape index (κ2) is 8.55. The number of carbonyl (C=O) groups excluding carboxylic acids is 2. The minimum Gasteiger partial charge on any atom is -0.435 e. The van der Waals surface area contributed by atoms with Crippen molar-refractivity contribution in [3.8, 4) is 11.6 Å². The Kier molecular flexibility index (Phi) is 5.69. The van der Waals surface area contributed by atoms with Gasteiger partial charge in [0, 0.05) is 50.6 Å². The van der Waals surface area contributed by atoms with Crippen molar-refractivity contribution in [2.45, 2.75) is 38.5 Å². The zero-order valence-corrected chi connectivity index (χ0v) is 16.6. The maximum absolute atomic E-state index is 12.8. The Morgan fingerprint density at radius 2 is 2.03 bits per heavy atom. The van der Waals surface area contributed by atoms with Gasteiger partial charge in [-0.2, -0.15) is 0 Å². The maximum atomic E-state index is 12.8. The van der Waals surface area contributed by atoms with Crippen molar-refractivity contribution in [1.82, 2.24) is 24.8 Å². The predicted molar refractivity (Wildman–Crippen MR) is 105 cm³/mol. The lowest BCUT2D eigenvalue weighted by Crippen LogP contribution is -2.45. The molecule has 0 radical (unpaired) electrons. The SMILES string of the molecule is Cc1ncccc1Oc1nccnc1[C@@H]1CCCN(C(=O)CN2CCCC2=O)C1. The average Bonchev–Trinajstić information content (AvgIpc) is 3.14. The van der Waals surface area contributed by atoms with Gasteiger partial charge in [0.2, 0.25) is 17.7 Å². The molecule has 0 N–H and O–H groups in total. The molecule has 4 heterocycles. The van der Waals surface area contributed by atoms with Crippen LogP contribution in [0.5, 0.6) is 11.6 Å². The fourth-order valence-corrected chi connectivity index (χ4v) is 3.94. The van der Waals surface area contributed by atoms with Crippen molar-refractivity contribution in [2.24, 2.45) is 0 Å².